The van der Waals surface area contributed by atoms with E-state index in [2.05, 4.69) is 16.7 Å². The second kappa shape index (κ2) is 7.20. The van der Waals surface area contributed by atoms with Crippen LogP contribution in [0.4, 0.5) is 4.79 Å². The lowest BCUT2D eigenvalue weighted by molar-refractivity contribution is -0.135. The van der Waals surface area contributed by atoms with E-state index in [1.165, 1.54) is 0 Å². The summed E-state index contributed by atoms with van der Waals surface area (Å²) in [4.78, 5) is 38.8. The van der Waals surface area contributed by atoms with Crippen molar-refractivity contribution in [3.63, 3.8) is 0 Å². The summed E-state index contributed by atoms with van der Waals surface area (Å²) in [7, 11) is 0. The monoisotopic (exact) mass is 388 g/mol. The molecule has 0 bridgehead atoms. The van der Waals surface area contributed by atoms with E-state index >= 15 is 0 Å². The van der Waals surface area contributed by atoms with E-state index in [9.17, 15) is 19.6 Å². The molecule has 1 aliphatic heterocycles. The third-order valence-corrected chi connectivity index (χ3v) is 5.65. The van der Waals surface area contributed by atoms with Crippen LogP contribution < -0.4 is 10.6 Å². The first-order chi connectivity index (χ1) is 12.9. The minimum Gasteiger partial charge on any atom is -0.336 e. The Kier molecular flexibility index (Phi) is 5.11. The van der Waals surface area contributed by atoms with E-state index in [1.807, 2.05) is 0 Å². The Hall–Kier alpha value is -2.59. The molecule has 1 heterocycles. The number of urea groups is 1. The summed E-state index contributed by atoms with van der Waals surface area (Å²) in [5, 5.41) is 15.3. The normalized spacial score (nSPS) is 23.8. The molecule has 1 saturated carbocycles. The van der Waals surface area contributed by atoms with Gasteiger partial charge in [0.1, 0.15) is 17.6 Å². The quantitative estimate of drug-likeness (QED) is 0.756. The second-order valence-electron chi connectivity index (χ2n) is 7.04. The highest BCUT2D eigenvalue weighted by Crippen LogP contribution is 2.33. The van der Waals surface area contributed by atoms with Crippen LogP contribution in [0.25, 0.3) is 0 Å². The van der Waals surface area contributed by atoms with Gasteiger partial charge in [0.05, 0.1) is 6.07 Å². The fraction of sp³-hybridized carbons (Fsp3) is 0.474. The van der Waals surface area contributed by atoms with Gasteiger partial charge in [-0.25, -0.2) is 4.79 Å². The fourth-order valence-electron chi connectivity index (χ4n) is 3.84. The van der Waals surface area contributed by atoms with Gasteiger partial charge in [0, 0.05) is 5.02 Å². The Labute approximate surface area is 162 Å². The van der Waals surface area contributed by atoms with E-state index in [1.54, 1.807) is 31.2 Å². The summed E-state index contributed by atoms with van der Waals surface area (Å²) in [6.07, 6.45) is 3.23. The number of benzene rings is 1. The molecule has 0 spiro atoms. The Balaban J connectivity index is 1.78. The number of carbonyl (C=O) groups excluding carboxylic acids is 3. The summed E-state index contributed by atoms with van der Waals surface area (Å²) in [6.45, 7) is 1.38. The van der Waals surface area contributed by atoms with Gasteiger partial charge in [-0.2, -0.15) is 5.26 Å². The Morgan fingerprint density at radius 1 is 1.30 bits per heavy atom. The predicted molar refractivity (Wildman–Crippen MR) is 98.6 cm³/mol. The molecule has 1 aliphatic carbocycles. The van der Waals surface area contributed by atoms with E-state index < -0.39 is 35.5 Å². The average molecular weight is 389 g/mol. The van der Waals surface area contributed by atoms with Crippen molar-refractivity contribution in [2.45, 2.75) is 50.1 Å². The standard InChI is InChI=1S/C19H21ClN4O3/c1-2-19(13-5-7-14(20)8-6-13)16(26)24(17(27)23-19)11-15(25)22-18(12-21)9-3-4-10-18/h5-8H,2-4,9-11H2,1H3,(H,22,25)(H,23,27)/t19-/m1/s1. The third kappa shape index (κ3) is 3.37. The number of imide groups is 1. The smallest absolute Gasteiger partial charge is 0.325 e. The molecular formula is C19H21ClN4O3. The van der Waals surface area contributed by atoms with E-state index in [0.29, 0.717) is 29.8 Å². The lowest BCUT2D eigenvalue weighted by Gasteiger charge is -2.26. The van der Waals surface area contributed by atoms with Crippen LogP contribution in [-0.2, 0) is 15.1 Å². The minimum absolute atomic E-state index is 0.333. The van der Waals surface area contributed by atoms with Gasteiger partial charge >= 0.3 is 6.03 Å². The topological polar surface area (TPSA) is 102 Å². The number of nitriles is 1. The molecule has 1 aromatic carbocycles. The zero-order valence-electron chi connectivity index (χ0n) is 15.0. The van der Waals surface area contributed by atoms with Gasteiger partial charge in [0.15, 0.2) is 0 Å². The Morgan fingerprint density at radius 2 is 1.93 bits per heavy atom. The SMILES string of the molecule is CC[C@]1(c2ccc(Cl)cc2)NC(=O)N(CC(=O)NC2(C#N)CCCC2)C1=O. The number of hydrogen-bond acceptors (Lipinski definition) is 4. The van der Waals surface area contributed by atoms with Crippen LogP contribution in [0.2, 0.25) is 5.02 Å². The van der Waals surface area contributed by atoms with Crippen LogP contribution >= 0.6 is 11.6 Å². The van der Waals surface area contributed by atoms with Crippen molar-refractivity contribution in [2.75, 3.05) is 6.54 Å². The number of carbonyl (C=O) groups is 3. The maximum atomic E-state index is 13.0. The molecule has 8 heteroatoms. The molecule has 27 heavy (non-hydrogen) atoms. The van der Waals surface area contributed by atoms with Gasteiger partial charge in [-0.1, -0.05) is 30.7 Å². The molecule has 1 aromatic rings. The number of hydrogen-bond donors (Lipinski definition) is 2. The van der Waals surface area contributed by atoms with Gasteiger partial charge < -0.3 is 10.6 Å². The molecule has 4 amide bonds. The van der Waals surface area contributed by atoms with Crippen molar-refractivity contribution in [3.05, 3.63) is 34.9 Å². The van der Waals surface area contributed by atoms with E-state index in [4.69, 9.17) is 11.6 Å². The molecule has 0 radical (unpaired) electrons. The largest absolute Gasteiger partial charge is 0.336 e. The summed E-state index contributed by atoms with van der Waals surface area (Å²) in [5.74, 6) is -0.991. The van der Waals surface area contributed by atoms with Crippen LogP contribution in [-0.4, -0.2) is 34.8 Å². The average Bonchev–Trinajstić information content (AvgIpc) is 3.21. The van der Waals surface area contributed by atoms with Crippen LogP contribution in [0.5, 0.6) is 0 Å². The fourth-order valence-corrected chi connectivity index (χ4v) is 3.96. The van der Waals surface area contributed by atoms with Gasteiger partial charge in [-0.05, 0) is 49.8 Å². The maximum Gasteiger partial charge on any atom is 0.325 e. The maximum absolute atomic E-state index is 13.0. The van der Waals surface area contributed by atoms with Crippen molar-refractivity contribution in [1.82, 2.24) is 15.5 Å². The van der Waals surface area contributed by atoms with Gasteiger partial charge in [0.2, 0.25) is 5.91 Å². The van der Waals surface area contributed by atoms with Crippen LogP contribution in [0.3, 0.4) is 0 Å². The first-order valence-corrected chi connectivity index (χ1v) is 9.36. The highest BCUT2D eigenvalue weighted by atomic mass is 35.5. The summed E-state index contributed by atoms with van der Waals surface area (Å²) in [5.41, 5.74) is -1.50. The molecule has 2 aliphatic rings. The highest BCUT2D eigenvalue weighted by Gasteiger charge is 2.52. The number of nitrogens with one attached hydrogen (secondary N) is 2. The van der Waals surface area contributed by atoms with Crippen molar-refractivity contribution < 1.29 is 14.4 Å². The molecule has 7 nitrogen and oxygen atoms in total. The lowest BCUT2D eigenvalue weighted by Crippen LogP contribution is -2.50. The van der Waals surface area contributed by atoms with Crippen molar-refractivity contribution in [1.29, 1.82) is 5.26 Å². The summed E-state index contributed by atoms with van der Waals surface area (Å²) >= 11 is 5.92. The van der Waals surface area contributed by atoms with Crippen molar-refractivity contribution >= 4 is 29.4 Å². The van der Waals surface area contributed by atoms with Gasteiger partial charge in [-0.3, -0.25) is 14.5 Å². The molecule has 142 valence electrons. The van der Waals surface area contributed by atoms with E-state index in [0.717, 1.165) is 17.7 Å². The molecule has 0 unspecified atom stereocenters. The molecule has 1 atom stereocenters. The minimum atomic E-state index is -1.22. The lowest BCUT2D eigenvalue weighted by atomic mass is 9.87. The summed E-state index contributed by atoms with van der Waals surface area (Å²) in [6, 6.07) is 8.23. The van der Waals surface area contributed by atoms with Crippen molar-refractivity contribution in [2.24, 2.45) is 0 Å². The molecule has 1 saturated heterocycles. The predicted octanol–water partition coefficient (Wildman–Crippen LogP) is 2.45. The summed E-state index contributed by atoms with van der Waals surface area (Å²) < 4.78 is 0. The molecule has 3 rings (SSSR count). The number of rotatable bonds is 5. The van der Waals surface area contributed by atoms with Crippen LogP contribution in [0.1, 0.15) is 44.6 Å². The molecule has 2 N–H and O–H groups in total. The van der Waals surface area contributed by atoms with Crippen LogP contribution in [0.15, 0.2) is 24.3 Å². The third-order valence-electron chi connectivity index (χ3n) is 5.39. The zero-order valence-corrected chi connectivity index (χ0v) is 15.8. The Bertz CT molecular complexity index is 811. The van der Waals surface area contributed by atoms with Crippen LogP contribution in [0, 0.1) is 11.3 Å². The molecule has 2 fully saturated rings. The number of amides is 4. The van der Waals surface area contributed by atoms with Gasteiger partial charge in [0.25, 0.3) is 5.91 Å². The first kappa shape index (κ1) is 19.2. The molecule has 0 aromatic heterocycles. The van der Waals surface area contributed by atoms with Crippen molar-refractivity contribution in [3.8, 4) is 6.07 Å². The zero-order chi connectivity index (χ0) is 19.7. The molecular weight excluding hydrogens is 368 g/mol. The second-order valence-corrected chi connectivity index (χ2v) is 7.47. The van der Waals surface area contributed by atoms with E-state index in [-0.39, 0.29) is 0 Å². The first-order valence-electron chi connectivity index (χ1n) is 8.98. The Morgan fingerprint density at radius 3 is 2.48 bits per heavy atom. The van der Waals surface area contributed by atoms with Gasteiger partial charge in [-0.15, -0.1) is 0 Å². The number of halogens is 1. The highest BCUT2D eigenvalue weighted by molar-refractivity contribution is 6.30. The number of nitrogens with zero attached hydrogens (tertiary/aromatic N) is 2.